The summed E-state index contributed by atoms with van der Waals surface area (Å²) < 4.78 is 54.9. The van der Waals surface area contributed by atoms with Crippen molar-refractivity contribution < 1.29 is 32.2 Å². The molecule has 2 fully saturated rings. The third kappa shape index (κ3) is 5.76. The van der Waals surface area contributed by atoms with Gasteiger partial charge in [-0.15, -0.1) is 0 Å². The Morgan fingerprint density at radius 2 is 1.90 bits per heavy atom. The molecule has 0 saturated carbocycles. The van der Waals surface area contributed by atoms with Gasteiger partial charge in [0, 0.05) is 19.6 Å². The molecule has 9 heteroatoms. The van der Waals surface area contributed by atoms with Crippen LogP contribution in [0.5, 0.6) is 5.75 Å². The van der Waals surface area contributed by atoms with Crippen LogP contribution in [0.2, 0.25) is 0 Å². The number of hydrogen-bond donors (Lipinski definition) is 1. The van der Waals surface area contributed by atoms with Crippen LogP contribution in [0.3, 0.4) is 0 Å². The lowest BCUT2D eigenvalue weighted by Gasteiger charge is -2.38. The fraction of sp³-hybridized carbons (Fsp3) is 0.650. The van der Waals surface area contributed by atoms with Gasteiger partial charge in [0.05, 0.1) is 20.3 Å². The molecule has 0 aliphatic carbocycles. The van der Waals surface area contributed by atoms with Gasteiger partial charge in [0.1, 0.15) is 5.75 Å². The second kappa shape index (κ2) is 9.21. The van der Waals surface area contributed by atoms with Crippen LogP contribution in [0.4, 0.5) is 18.0 Å². The molecule has 1 aromatic carbocycles. The minimum absolute atomic E-state index is 0.0205. The molecule has 1 atom stereocenters. The lowest BCUT2D eigenvalue weighted by Crippen LogP contribution is -2.47. The van der Waals surface area contributed by atoms with Crippen molar-refractivity contribution in [3.63, 3.8) is 0 Å². The summed E-state index contributed by atoms with van der Waals surface area (Å²) in [5.74, 6) is 0.646. The number of rotatable bonds is 6. The van der Waals surface area contributed by atoms with E-state index in [2.05, 4.69) is 5.32 Å². The Balaban J connectivity index is 1.48. The second-order valence-corrected chi connectivity index (χ2v) is 7.69. The maximum absolute atomic E-state index is 13.3. The van der Waals surface area contributed by atoms with E-state index in [0.717, 1.165) is 32.4 Å². The van der Waals surface area contributed by atoms with E-state index in [1.165, 1.54) is 12.0 Å². The number of carbonyl (C=O) groups excluding carboxylic acids is 1. The molecule has 1 amide bonds. The molecule has 6 nitrogen and oxygen atoms in total. The number of likely N-dealkylation sites (tertiary alicyclic amines) is 1. The Labute approximate surface area is 168 Å². The summed E-state index contributed by atoms with van der Waals surface area (Å²) >= 11 is 0. The van der Waals surface area contributed by atoms with Crippen LogP contribution in [-0.2, 0) is 16.1 Å². The van der Waals surface area contributed by atoms with E-state index in [9.17, 15) is 18.0 Å². The quantitative estimate of drug-likeness (QED) is 0.771. The standard InChI is InChI=1S/C20H27F3N2O4/c1-27-16-4-2-15(3-5-16)12-28-13-17(20(21,22)23)29-18(26)25-10-7-19(8-11-25)6-9-24-14-19/h2-5,17,24H,6-14H2,1H3/t17-/m1/s1. The molecule has 2 aliphatic rings. The Kier molecular flexibility index (Phi) is 6.89. The van der Waals surface area contributed by atoms with Gasteiger partial charge < -0.3 is 24.4 Å². The molecular formula is C20H27F3N2O4. The van der Waals surface area contributed by atoms with E-state index in [1.54, 1.807) is 24.3 Å². The largest absolute Gasteiger partial charge is 0.497 e. The zero-order valence-corrected chi connectivity index (χ0v) is 16.5. The van der Waals surface area contributed by atoms with Crippen molar-refractivity contribution in [2.75, 3.05) is 39.9 Å². The van der Waals surface area contributed by atoms with Crippen LogP contribution in [0.25, 0.3) is 0 Å². The monoisotopic (exact) mass is 416 g/mol. The van der Waals surface area contributed by atoms with Gasteiger partial charge in [-0.05, 0) is 48.9 Å². The van der Waals surface area contributed by atoms with E-state index in [-0.39, 0.29) is 12.0 Å². The molecule has 3 rings (SSSR count). The highest BCUT2D eigenvalue weighted by Gasteiger charge is 2.45. The van der Waals surface area contributed by atoms with Crippen molar-refractivity contribution in [1.82, 2.24) is 10.2 Å². The van der Waals surface area contributed by atoms with Crippen molar-refractivity contribution in [2.24, 2.45) is 5.41 Å². The summed E-state index contributed by atoms with van der Waals surface area (Å²) in [5.41, 5.74) is 0.867. The minimum Gasteiger partial charge on any atom is -0.497 e. The average Bonchev–Trinajstić information content (AvgIpc) is 3.15. The van der Waals surface area contributed by atoms with E-state index in [4.69, 9.17) is 14.2 Å². The first-order chi connectivity index (χ1) is 13.8. The molecule has 1 aromatic rings. The molecule has 0 radical (unpaired) electrons. The summed E-state index contributed by atoms with van der Waals surface area (Å²) in [6, 6.07) is 6.80. The Hall–Kier alpha value is -2.00. The zero-order valence-electron chi connectivity index (χ0n) is 16.5. The number of benzene rings is 1. The fourth-order valence-corrected chi connectivity index (χ4v) is 3.78. The highest BCUT2D eigenvalue weighted by atomic mass is 19.4. The van der Waals surface area contributed by atoms with E-state index in [0.29, 0.717) is 24.4 Å². The van der Waals surface area contributed by atoms with Crippen LogP contribution in [0, 0.1) is 5.41 Å². The number of ether oxygens (including phenoxy) is 3. The first-order valence-corrected chi connectivity index (χ1v) is 9.75. The van der Waals surface area contributed by atoms with Gasteiger partial charge in [0.25, 0.3) is 0 Å². The van der Waals surface area contributed by atoms with Crippen LogP contribution in [-0.4, -0.2) is 63.2 Å². The third-order valence-corrected chi connectivity index (χ3v) is 5.72. The van der Waals surface area contributed by atoms with Crippen molar-refractivity contribution in [3.8, 4) is 5.75 Å². The average molecular weight is 416 g/mol. The second-order valence-electron chi connectivity index (χ2n) is 7.69. The SMILES string of the molecule is COc1ccc(COC[C@@H](OC(=O)N2CCC3(CCNC3)CC2)C(F)(F)F)cc1. The number of piperidine rings is 1. The van der Waals surface area contributed by atoms with Gasteiger partial charge in [0.2, 0.25) is 6.10 Å². The van der Waals surface area contributed by atoms with Gasteiger partial charge in [-0.1, -0.05) is 12.1 Å². The lowest BCUT2D eigenvalue weighted by molar-refractivity contribution is -0.220. The summed E-state index contributed by atoms with van der Waals surface area (Å²) in [6.07, 6.45) is -5.32. The van der Waals surface area contributed by atoms with Crippen molar-refractivity contribution in [1.29, 1.82) is 0 Å². The van der Waals surface area contributed by atoms with Crippen LogP contribution < -0.4 is 10.1 Å². The molecule has 0 bridgehead atoms. The summed E-state index contributed by atoms with van der Waals surface area (Å²) in [7, 11) is 1.53. The smallest absolute Gasteiger partial charge is 0.427 e. The molecule has 1 spiro atoms. The molecule has 2 heterocycles. The van der Waals surface area contributed by atoms with Crippen molar-refractivity contribution >= 4 is 6.09 Å². The first kappa shape index (κ1) is 21.7. The molecule has 1 N–H and O–H groups in total. The first-order valence-electron chi connectivity index (χ1n) is 9.75. The van der Waals surface area contributed by atoms with Gasteiger partial charge in [-0.2, -0.15) is 13.2 Å². The molecule has 162 valence electrons. The number of halogens is 3. The van der Waals surface area contributed by atoms with E-state index in [1.807, 2.05) is 0 Å². The van der Waals surface area contributed by atoms with Crippen molar-refractivity contribution in [2.45, 2.75) is 38.1 Å². The fourth-order valence-electron chi connectivity index (χ4n) is 3.78. The number of carbonyl (C=O) groups is 1. The summed E-state index contributed by atoms with van der Waals surface area (Å²) in [6.45, 7) is 1.91. The molecular weight excluding hydrogens is 389 g/mol. The van der Waals surface area contributed by atoms with Gasteiger partial charge in [-0.3, -0.25) is 0 Å². The lowest BCUT2D eigenvalue weighted by atomic mass is 9.78. The minimum atomic E-state index is -4.69. The zero-order chi connectivity index (χ0) is 20.9. The maximum Gasteiger partial charge on any atom is 0.427 e. The van der Waals surface area contributed by atoms with Crippen LogP contribution in [0.15, 0.2) is 24.3 Å². The number of amides is 1. The molecule has 0 unspecified atom stereocenters. The molecule has 2 aliphatic heterocycles. The molecule has 0 aromatic heterocycles. The van der Waals surface area contributed by atoms with Gasteiger partial charge in [-0.25, -0.2) is 4.79 Å². The maximum atomic E-state index is 13.3. The molecule has 2 saturated heterocycles. The number of methoxy groups -OCH3 is 1. The van der Waals surface area contributed by atoms with Crippen LogP contribution in [0.1, 0.15) is 24.8 Å². The number of nitrogens with one attached hydrogen (secondary N) is 1. The van der Waals surface area contributed by atoms with Crippen molar-refractivity contribution in [3.05, 3.63) is 29.8 Å². The van der Waals surface area contributed by atoms with Crippen LogP contribution >= 0.6 is 0 Å². The Bertz CT molecular complexity index is 665. The Morgan fingerprint density at radius 3 is 2.45 bits per heavy atom. The van der Waals surface area contributed by atoms with E-state index >= 15 is 0 Å². The Morgan fingerprint density at radius 1 is 1.21 bits per heavy atom. The highest BCUT2D eigenvalue weighted by Crippen LogP contribution is 2.37. The van der Waals surface area contributed by atoms with E-state index < -0.39 is 25.0 Å². The van der Waals surface area contributed by atoms with Gasteiger partial charge >= 0.3 is 12.3 Å². The normalized spacial score (nSPS) is 19.9. The number of hydrogen-bond acceptors (Lipinski definition) is 5. The highest BCUT2D eigenvalue weighted by molar-refractivity contribution is 5.68. The number of nitrogens with zero attached hydrogens (tertiary/aromatic N) is 1. The summed E-state index contributed by atoms with van der Waals surface area (Å²) in [4.78, 5) is 13.6. The third-order valence-electron chi connectivity index (χ3n) is 5.72. The topological polar surface area (TPSA) is 60.0 Å². The predicted molar refractivity (Wildman–Crippen MR) is 99.7 cm³/mol. The summed E-state index contributed by atoms with van der Waals surface area (Å²) in [5, 5.41) is 3.31. The molecule has 29 heavy (non-hydrogen) atoms. The number of alkyl halides is 3. The van der Waals surface area contributed by atoms with Gasteiger partial charge in [0.15, 0.2) is 0 Å². The predicted octanol–water partition coefficient (Wildman–Crippen LogP) is 3.35.